The SMILES string of the molecule is O=S(=O)(O)O[C@@H]1[C@H](O)[C@H](O[C@@H]2C(CO)O[C@@H](OCc3ccccc3)[C@@H](O)[C@H]2O)OC(CO)[C@@H]1O. The van der Waals surface area contributed by atoms with Crippen LogP contribution in [0.5, 0.6) is 0 Å². The molecule has 0 radical (unpaired) electrons. The number of benzene rings is 1. The Bertz CT molecular complexity index is 867. The summed E-state index contributed by atoms with van der Waals surface area (Å²) in [4.78, 5) is 0. The van der Waals surface area contributed by atoms with Crippen LogP contribution in [0.25, 0.3) is 0 Å². The number of hydrogen-bond acceptors (Lipinski definition) is 13. The summed E-state index contributed by atoms with van der Waals surface area (Å²) in [5, 5.41) is 60.7. The van der Waals surface area contributed by atoms with Crippen molar-refractivity contribution in [2.24, 2.45) is 0 Å². The molecule has 34 heavy (non-hydrogen) atoms. The van der Waals surface area contributed by atoms with Gasteiger partial charge in [-0.05, 0) is 5.56 Å². The fraction of sp³-hybridized carbons (Fsp3) is 0.684. The quantitative estimate of drug-likeness (QED) is 0.161. The predicted octanol–water partition coefficient (Wildman–Crippen LogP) is -3.35. The summed E-state index contributed by atoms with van der Waals surface area (Å²) >= 11 is 0. The minimum atomic E-state index is -5.13. The molecule has 7 N–H and O–H groups in total. The summed E-state index contributed by atoms with van der Waals surface area (Å²) in [6, 6.07) is 8.88. The average molecular weight is 512 g/mol. The summed E-state index contributed by atoms with van der Waals surface area (Å²) in [6.45, 7) is -1.56. The van der Waals surface area contributed by atoms with Crippen molar-refractivity contribution in [3.63, 3.8) is 0 Å². The smallest absolute Gasteiger partial charge is 0.394 e. The van der Waals surface area contributed by atoms with Crippen LogP contribution >= 0.6 is 0 Å². The van der Waals surface area contributed by atoms with Crippen LogP contribution < -0.4 is 0 Å². The zero-order chi connectivity index (χ0) is 25.0. The molecule has 2 saturated heterocycles. The fourth-order valence-electron chi connectivity index (χ4n) is 3.69. The van der Waals surface area contributed by atoms with Gasteiger partial charge in [-0.2, -0.15) is 8.42 Å². The standard InChI is InChI=1S/C19H28O14S/c20-6-10-12(22)17(33-34(26,27)28)15(25)19(30-10)32-16-11(7-21)31-18(14(24)13(16)23)29-8-9-4-2-1-3-5-9/h1-5,10-25H,6-8H2,(H,26,27,28)/t10?,11?,12-,13+,14-,15-,16+,17-,18+,19-/m0/s1. The van der Waals surface area contributed by atoms with Crippen LogP contribution in [0.4, 0.5) is 0 Å². The first-order chi connectivity index (χ1) is 16.1. The molecule has 0 aromatic heterocycles. The highest BCUT2D eigenvalue weighted by Crippen LogP contribution is 2.31. The van der Waals surface area contributed by atoms with E-state index in [4.69, 9.17) is 23.5 Å². The molecular formula is C19H28O14S. The molecule has 0 spiro atoms. The van der Waals surface area contributed by atoms with Gasteiger partial charge in [0.05, 0.1) is 19.8 Å². The van der Waals surface area contributed by atoms with E-state index < -0.39 is 85.0 Å². The van der Waals surface area contributed by atoms with Gasteiger partial charge in [0, 0.05) is 0 Å². The van der Waals surface area contributed by atoms with Gasteiger partial charge in [-0.3, -0.25) is 4.55 Å². The summed E-state index contributed by atoms with van der Waals surface area (Å²) in [6.07, 6.45) is -16.9. The highest BCUT2D eigenvalue weighted by molar-refractivity contribution is 7.80. The third kappa shape index (κ3) is 6.46. The summed E-state index contributed by atoms with van der Waals surface area (Å²) in [5.74, 6) is 0. The molecule has 2 aliphatic rings. The molecule has 0 saturated carbocycles. The second-order valence-corrected chi connectivity index (χ2v) is 8.85. The first kappa shape index (κ1) is 27.3. The minimum Gasteiger partial charge on any atom is -0.394 e. The largest absolute Gasteiger partial charge is 0.397 e. The van der Waals surface area contributed by atoms with E-state index in [0.717, 1.165) is 5.56 Å². The molecule has 0 aliphatic carbocycles. The number of aliphatic hydroxyl groups is 6. The van der Waals surface area contributed by atoms with Gasteiger partial charge in [-0.15, -0.1) is 0 Å². The summed E-state index contributed by atoms with van der Waals surface area (Å²) in [5.41, 5.74) is 0.754. The second-order valence-electron chi connectivity index (χ2n) is 7.80. The van der Waals surface area contributed by atoms with Crippen LogP contribution in [0, 0.1) is 0 Å². The molecule has 2 heterocycles. The molecular weight excluding hydrogens is 484 g/mol. The van der Waals surface area contributed by atoms with E-state index in [1.165, 1.54) is 0 Å². The lowest BCUT2D eigenvalue weighted by atomic mass is 9.97. The molecule has 2 fully saturated rings. The van der Waals surface area contributed by atoms with Crippen LogP contribution in [0.2, 0.25) is 0 Å². The Labute approximate surface area is 194 Å². The van der Waals surface area contributed by atoms with E-state index in [-0.39, 0.29) is 6.61 Å². The van der Waals surface area contributed by atoms with Gasteiger partial charge in [0.25, 0.3) is 0 Å². The topological polar surface area (TPSA) is 222 Å². The first-order valence-corrected chi connectivity index (χ1v) is 11.6. The van der Waals surface area contributed by atoms with Crippen molar-refractivity contribution in [3.05, 3.63) is 35.9 Å². The van der Waals surface area contributed by atoms with E-state index in [1.54, 1.807) is 30.3 Å². The molecule has 0 amide bonds. The van der Waals surface area contributed by atoms with E-state index in [1.807, 2.05) is 0 Å². The van der Waals surface area contributed by atoms with Crippen LogP contribution in [0.1, 0.15) is 5.56 Å². The molecule has 14 nitrogen and oxygen atoms in total. The van der Waals surface area contributed by atoms with E-state index >= 15 is 0 Å². The molecule has 10 atom stereocenters. The Morgan fingerprint density at radius 1 is 0.794 bits per heavy atom. The Hall–Kier alpha value is -1.31. The third-order valence-electron chi connectivity index (χ3n) is 5.42. The lowest BCUT2D eigenvalue weighted by Gasteiger charge is -2.46. The second kappa shape index (κ2) is 11.6. The maximum Gasteiger partial charge on any atom is 0.397 e. The molecule has 2 aliphatic heterocycles. The van der Waals surface area contributed by atoms with Crippen molar-refractivity contribution in [2.75, 3.05) is 13.2 Å². The van der Waals surface area contributed by atoms with E-state index in [9.17, 15) is 39.1 Å². The molecule has 194 valence electrons. The Kier molecular flexibility index (Phi) is 9.32. The van der Waals surface area contributed by atoms with Crippen molar-refractivity contribution in [1.82, 2.24) is 0 Å². The van der Waals surface area contributed by atoms with Gasteiger partial charge in [0.2, 0.25) is 0 Å². The van der Waals surface area contributed by atoms with Crippen molar-refractivity contribution in [1.29, 1.82) is 0 Å². The number of hydrogen-bond donors (Lipinski definition) is 7. The van der Waals surface area contributed by atoms with Crippen molar-refractivity contribution < 1.29 is 66.7 Å². The molecule has 2 unspecified atom stereocenters. The van der Waals surface area contributed by atoms with Gasteiger partial charge in [-0.1, -0.05) is 30.3 Å². The van der Waals surface area contributed by atoms with Crippen molar-refractivity contribution >= 4 is 10.4 Å². The Balaban J connectivity index is 1.71. The Morgan fingerprint density at radius 2 is 1.41 bits per heavy atom. The highest BCUT2D eigenvalue weighted by atomic mass is 32.3. The summed E-state index contributed by atoms with van der Waals surface area (Å²) in [7, 11) is -5.13. The lowest BCUT2D eigenvalue weighted by Crippen LogP contribution is -2.65. The van der Waals surface area contributed by atoms with Crippen LogP contribution in [-0.4, -0.2) is 118 Å². The average Bonchev–Trinajstić information content (AvgIpc) is 2.80. The van der Waals surface area contributed by atoms with Gasteiger partial charge < -0.3 is 49.6 Å². The van der Waals surface area contributed by atoms with Crippen LogP contribution in [0.3, 0.4) is 0 Å². The van der Waals surface area contributed by atoms with Crippen molar-refractivity contribution in [3.8, 4) is 0 Å². The summed E-state index contributed by atoms with van der Waals surface area (Å²) < 4.78 is 57.1. The monoisotopic (exact) mass is 512 g/mol. The molecule has 1 aromatic carbocycles. The normalized spacial score (nSPS) is 39.1. The Morgan fingerprint density at radius 3 is 2.00 bits per heavy atom. The lowest BCUT2D eigenvalue weighted by molar-refractivity contribution is -0.359. The zero-order valence-corrected chi connectivity index (χ0v) is 18.5. The third-order valence-corrected chi connectivity index (χ3v) is 5.89. The molecule has 15 heteroatoms. The molecule has 3 rings (SSSR count). The van der Waals surface area contributed by atoms with E-state index in [0.29, 0.717) is 0 Å². The van der Waals surface area contributed by atoms with E-state index in [2.05, 4.69) is 4.18 Å². The maximum atomic E-state index is 11.1. The van der Waals surface area contributed by atoms with Crippen LogP contribution in [0.15, 0.2) is 30.3 Å². The molecule has 0 bridgehead atoms. The minimum absolute atomic E-state index is 0.0220. The number of rotatable bonds is 9. The fourth-order valence-corrected chi connectivity index (χ4v) is 4.19. The van der Waals surface area contributed by atoms with Crippen LogP contribution in [-0.2, 0) is 40.1 Å². The van der Waals surface area contributed by atoms with Gasteiger partial charge in [0.1, 0.15) is 48.8 Å². The number of ether oxygens (including phenoxy) is 4. The maximum absolute atomic E-state index is 11.1. The highest BCUT2D eigenvalue weighted by Gasteiger charge is 2.52. The predicted molar refractivity (Wildman–Crippen MR) is 108 cm³/mol. The van der Waals surface area contributed by atoms with Gasteiger partial charge in [0.15, 0.2) is 12.6 Å². The molecule has 1 aromatic rings. The number of aliphatic hydroxyl groups excluding tert-OH is 6. The first-order valence-electron chi connectivity index (χ1n) is 10.3. The van der Waals surface area contributed by atoms with Gasteiger partial charge in [-0.25, -0.2) is 4.18 Å². The zero-order valence-electron chi connectivity index (χ0n) is 17.7. The van der Waals surface area contributed by atoms with Gasteiger partial charge >= 0.3 is 10.4 Å². The van der Waals surface area contributed by atoms with Crippen molar-refractivity contribution in [2.45, 2.75) is 68.0 Å².